The first-order valence-electron chi connectivity index (χ1n) is 5.80. The monoisotopic (exact) mass is 259 g/mol. The summed E-state index contributed by atoms with van der Waals surface area (Å²) in [5.74, 6) is 0. The van der Waals surface area contributed by atoms with Gasteiger partial charge in [-0.3, -0.25) is 0 Å². The lowest BCUT2D eigenvalue weighted by molar-refractivity contribution is 0.0378. The smallest absolute Gasteiger partial charge is 0.0897 e. The summed E-state index contributed by atoms with van der Waals surface area (Å²) in [5.41, 5.74) is 0. The van der Waals surface area contributed by atoms with Crippen LogP contribution >= 0.6 is 11.3 Å². The summed E-state index contributed by atoms with van der Waals surface area (Å²) in [4.78, 5) is 1.32. The van der Waals surface area contributed by atoms with Gasteiger partial charge in [-0.1, -0.05) is 6.07 Å². The fourth-order valence-corrected chi connectivity index (χ4v) is 2.04. The normalized spacial score (nSPS) is 12.8. The number of thiophene rings is 1. The lowest BCUT2D eigenvalue weighted by Gasteiger charge is -2.11. The molecule has 0 aliphatic rings. The van der Waals surface area contributed by atoms with Crippen molar-refractivity contribution >= 4 is 11.3 Å². The predicted octanol–water partition coefficient (Wildman–Crippen LogP) is 0.904. The van der Waals surface area contributed by atoms with Crippen molar-refractivity contribution in [2.24, 2.45) is 0 Å². The van der Waals surface area contributed by atoms with Gasteiger partial charge >= 0.3 is 0 Å². The molecule has 0 amide bonds. The zero-order valence-corrected chi connectivity index (χ0v) is 11.0. The average Bonchev–Trinajstić information content (AvgIpc) is 2.83. The van der Waals surface area contributed by atoms with Crippen molar-refractivity contribution in [3.63, 3.8) is 0 Å². The minimum Gasteiger partial charge on any atom is -0.389 e. The molecule has 17 heavy (non-hydrogen) atoms. The number of hydrogen-bond acceptors (Lipinski definition) is 5. The van der Waals surface area contributed by atoms with Crippen LogP contribution in [-0.2, 0) is 15.9 Å². The van der Waals surface area contributed by atoms with E-state index in [2.05, 4.69) is 16.8 Å². The topological polar surface area (TPSA) is 50.7 Å². The lowest BCUT2D eigenvalue weighted by atomic mass is 10.3. The molecule has 0 spiro atoms. The van der Waals surface area contributed by atoms with Gasteiger partial charge in [0, 0.05) is 31.5 Å². The van der Waals surface area contributed by atoms with Gasteiger partial charge in [-0.25, -0.2) is 0 Å². The minimum atomic E-state index is -0.449. The van der Waals surface area contributed by atoms with Crippen LogP contribution in [0, 0.1) is 0 Å². The van der Waals surface area contributed by atoms with E-state index in [1.54, 1.807) is 18.4 Å². The zero-order chi connectivity index (χ0) is 12.3. The first kappa shape index (κ1) is 14.6. The molecule has 98 valence electrons. The minimum absolute atomic E-state index is 0.380. The SMILES string of the molecule is COCCNCC(O)COCCc1cccs1. The summed E-state index contributed by atoms with van der Waals surface area (Å²) in [6.45, 7) is 3.00. The predicted molar refractivity (Wildman–Crippen MR) is 69.6 cm³/mol. The summed E-state index contributed by atoms with van der Waals surface area (Å²) in [6, 6.07) is 4.13. The van der Waals surface area contributed by atoms with E-state index >= 15 is 0 Å². The summed E-state index contributed by atoms with van der Waals surface area (Å²) < 4.78 is 10.3. The molecule has 0 aliphatic heterocycles. The molecule has 1 unspecified atom stereocenters. The van der Waals surface area contributed by atoms with Gasteiger partial charge in [0.05, 0.1) is 25.9 Å². The van der Waals surface area contributed by atoms with Crippen LogP contribution in [0.3, 0.4) is 0 Å². The summed E-state index contributed by atoms with van der Waals surface area (Å²) >= 11 is 1.73. The highest BCUT2D eigenvalue weighted by molar-refractivity contribution is 7.09. The second-order valence-electron chi connectivity index (χ2n) is 3.76. The molecule has 4 nitrogen and oxygen atoms in total. The number of rotatable bonds is 10. The van der Waals surface area contributed by atoms with E-state index in [1.807, 2.05) is 6.07 Å². The van der Waals surface area contributed by atoms with Gasteiger partial charge in [-0.2, -0.15) is 0 Å². The van der Waals surface area contributed by atoms with Crippen LogP contribution in [-0.4, -0.2) is 51.2 Å². The molecule has 1 heterocycles. The molecular formula is C12H21NO3S. The molecule has 1 rings (SSSR count). The van der Waals surface area contributed by atoms with Crippen molar-refractivity contribution in [1.29, 1.82) is 0 Å². The number of ether oxygens (including phenoxy) is 2. The van der Waals surface area contributed by atoms with Gasteiger partial charge in [-0.15, -0.1) is 11.3 Å². The highest BCUT2D eigenvalue weighted by atomic mass is 32.1. The van der Waals surface area contributed by atoms with Crippen molar-refractivity contribution in [3.05, 3.63) is 22.4 Å². The molecule has 0 saturated heterocycles. The average molecular weight is 259 g/mol. The third-order valence-electron chi connectivity index (χ3n) is 2.25. The van der Waals surface area contributed by atoms with Crippen LogP contribution in [0.5, 0.6) is 0 Å². The summed E-state index contributed by atoms with van der Waals surface area (Å²) in [5, 5.41) is 14.7. The van der Waals surface area contributed by atoms with Gasteiger partial charge in [0.25, 0.3) is 0 Å². The Hall–Kier alpha value is -0.460. The molecule has 0 bridgehead atoms. The second kappa shape index (κ2) is 9.56. The maximum atomic E-state index is 9.58. The Labute approximate surface area is 107 Å². The summed E-state index contributed by atoms with van der Waals surface area (Å²) in [7, 11) is 1.66. The van der Waals surface area contributed by atoms with E-state index in [1.165, 1.54) is 4.88 Å². The summed E-state index contributed by atoms with van der Waals surface area (Å²) in [6.07, 6.45) is 0.469. The largest absolute Gasteiger partial charge is 0.389 e. The van der Waals surface area contributed by atoms with Crippen LogP contribution < -0.4 is 5.32 Å². The molecule has 0 aliphatic carbocycles. The molecule has 1 aromatic rings. The number of aliphatic hydroxyl groups excluding tert-OH is 1. The lowest BCUT2D eigenvalue weighted by Crippen LogP contribution is -2.32. The maximum absolute atomic E-state index is 9.58. The van der Waals surface area contributed by atoms with Crippen LogP contribution in [0.4, 0.5) is 0 Å². The Bertz CT molecular complexity index is 267. The van der Waals surface area contributed by atoms with Gasteiger partial charge < -0.3 is 19.9 Å². The van der Waals surface area contributed by atoms with Crippen LogP contribution in [0.1, 0.15) is 4.88 Å². The van der Waals surface area contributed by atoms with E-state index in [-0.39, 0.29) is 0 Å². The molecular weight excluding hydrogens is 238 g/mol. The van der Waals surface area contributed by atoms with Crippen molar-refractivity contribution in [2.75, 3.05) is 40.0 Å². The van der Waals surface area contributed by atoms with Crippen molar-refractivity contribution in [3.8, 4) is 0 Å². The molecule has 2 N–H and O–H groups in total. The third kappa shape index (κ3) is 7.46. The van der Waals surface area contributed by atoms with Gasteiger partial charge in [-0.05, 0) is 11.4 Å². The second-order valence-corrected chi connectivity index (χ2v) is 4.79. The highest BCUT2D eigenvalue weighted by Crippen LogP contribution is 2.08. The van der Waals surface area contributed by atoms with Gasteiger partial charge in [0.1, 0.15) is 0 Å². The van der Waals surface area contributed by atoms with Crippen molar-refractivity contribution < 1.29 is 14.6 Å². The molecule has 5 heteroatoms. The van der Waals surface area contributed by atoms with E-state index in [9.17, 15) is 5.11 Å². The van der Waals surface area contributed by atoms with Crippen LogP contribution in [0.25, 0.3) is 0 Å². The Balaban J connectivity index is 1.91. The van der Waals surface area contributed by atoms with E-state index < -0.39 is 6.10 Å². The molecule has 0 aromatic carbocycles. The Morgan fingerprint density at radius 1 is 1.47 bits per heavy atom. The number of hydrogen-bond donors (Lipinski definition) is 2. The van der Waals surface area contributed by atoms with E-state index in [4.69, 9.17) is 9.47 Å². The Morgan fingerprint density at radius 2 is 2.35 bits per heavy atom. The van der Waals surface area contributed by atoms with E-state index in [0.29, 0.717) is 26.4 Å². The molecule has 0 fully saturated rings. The van der Waals surface area contributed by atoms with Crippen molar-refractivity contribution in [2.45, 2.75) is 12.5 Å². The fraction of sp³-hybridized carbons (Fsp3) is 0.667. The van der Waals surface area contributed by atoms with E-state index in [0.717, 1.165) is 13.0 Å². The Morgan fingerprint density at radius 3 is 3.06 bits per heavy atom. The van der Waals surface area contributed by atoms with Gasteiger partial charge in [0.2, 0.25) is 0 Å². The van der Waals surface area contributed by atoms with Gasteiger partial charge in [0.15, 0.2) is 0 Å². The van der Waals surface area contributed by atoms with Crippen LogP contribution in [0.2, 0.25) is 0 Å². The molecule has 1 aromatic heterocycles. The van der Waals surface area contributed by atoms with Crippen LogP contribution in [0.15, 0.2) is 17.5 Å². The first-order chi connectivity index (χ1) is 8.33. The number of methoxy groups -OCH3 is 1. The van der Waals surface area contributed by atoms with Crippen molar-refractivity contribution in [1.82, 2.24) is 5.32 Å². The molecule has 1 atom stereocenters. The number of nitrogens with one attached hydrogen (secondary N) is 1. The number of aliphatic hydroxyl groups is 1. The quantitative estimate of drug-likeness (QED) is 0.613. The standard InChI is InChI=1S/C12H21NO3S/c1-15-7-5-13-9-11(14)10-16-6-4-12-3-2-8-17-12/h2-3,8,11,13-14H,4-7,9-10H2,1H3. The molecule has 0 saturated carbocycles. The highest BCUT2D eigenvalue weighted by Gasteiger charge is 2.03. The maximum Gasteiger partial charge on any atom is 0.0897 e. The Kier molecular flexibility index (Phi) is 8.21. The molecule has 0 radical (unpaired) electrons. The fourth-order valence-electron chi connectivity index (χ4n) is 1.35. The zero-order valence-electron chi connectivity index (χ0n) is 10.2. The third-order valence-corrected chi connectivity index (χ3v) is 3.18. The first-order valence-corrected chi connectivity index (χ1v) is 6.68.